The molecular weight excluding hydrogens is 302 g/mol. The molecule has 0 aromatic heterocycles. The van der Waals surface area contributed by atoms with Crippen molar-refractivity contribution in [2.75, 3.05) is 6.61 Å². The van der Waals surface area contributed by atoms with Crippen molar-refractivity contribution < 1.29 is 29.0 Å². The summed E-state index contributed by atoms with van der Waals surface area (Å²) in [5.41, 5.74) is 0.154. The molecule has 1 aromatic rings. The van der Waals surface area contributed by atoms with Crippen molar-refractivity contribution in [2.24, 2.45) is 0 Å². The average molecular weight is 323 g/mol. The molecule has 0 bridgehead atoms. The Labute approximate surface area is 134 Å². The highest BCUT2D eigenvalue weighted by Crippen LogP contribution is 2.13. The average Bonchev–Trinajstić information content (AvgIpc) is 2.43. The van der Waals surface area contributed by atoms with Crippen molar-refractivity contribution in [3.05, 3.63) is 29.8 Å². The van der Waals surface area contributed by atoms with Crippen molar-refractivity contribution in [1.82, 2.24) is 5.32 Å². The zero-order valence-corrected chi connectivity index (χ0v) is 13.4. The third-order valence-electron chi connectivity index (χ3n) is 2.61. The van der Waals surface area contributed by atoms with E-state index < -0.39 is 30.3 Å². The lowest BCUT2D eigenvalue weighted by atomic mass is 10.1. The van der Waals surface area contributed by atoms with Gasteiger partial charge in [-0.1, -0.05) is 12.1 Å². The lowest BCUT2D eigenvalue weighted by Crippen LogP contribution is -2.41. The maximum Gasteiger partial charge on any atom is 0.408 e. The number of nitrogens with one attached hydrogen (secondary N) is 1. The lowest BCUT2D eigenvalue weighted by molar-refractivity contribution is -0.139. The van der Waals surface area contributed by atoms with E-state index in [0.29, 0.717) is 18.5 Å². The molecule has 0 saturated heterocycles. The van der Waals surface area contributed by atoms with E-state index in [1.807, 2.05) is 0 Å². The molecule has 7 nitrogen and oxygen atoms in total. The summed E-state index contributed by atoms with van der Waals surface area (Å²) in [7, 11) is 0. The van der Waals surface area contributed by atoms with Gasteiger partial charge in [0.2, 0.25) is 0 Å². The summed E-state index contributed by atoms with van der Waals surface area (Å²) in [4.78, 5) is 33.2. The van der Waals surface area contributed by atoms with Gasteiger partial charge in [-0.25, -0.2) is 9.59 Å². The molecule has 1 amide bonds. The smallest absolute Gasteiger partial charge is 0.408 e. The summed E-state index contributed by atoms with van der Waals surface area (Å²) < 4.78 is 10.1. The number of aliphatic carboxylic acids is 1. The molecule has 0 spiro atoms. The third kappa shape index (κ3) is 7.85. The number of ether oxygens (including phenoxy) is 2. The topological polar surface area (TPSA) is 102 Å². The summed E-state index contributed by atoms with van der Waals surface area (Å²) >= 11 is 0. The van der Waals surface area contributed by atoms with E-state index in [-0.39, 0.29) is 0 Å². The highest BCUT2D eigenvalue weighted by Gasteiger charge is 2.19. The summed E-state index contributed by atoms with van der Waals surface area (Å²) in [6, 6.07) is 5.89. The number of hydrogen-bond acceptors (Lipinski definition) is 5. The first-order valence-electron chi connectivity index (χ1n) is 7.08. The Bertz CT molecular complexity index is 547. The Balaban J connectivity index is 2.56. The molecular formula is C16H21NO6. The van der Waals surface area contributed by atoms with Gasteiger partial charge in [0.15, 0.2) is 6.61 Å². The van der Waals surface area contributed by atoms with E-state index in [4.69, 9.17) is 14.6 Å². The van der Waals surface area contributed by atoms with Crippen molar-refractivity contribution in [3.8, 4) is 5.75 Å². The van der Waals surface area contributed by atoms with Gasteiger partial charge in [-0.2, -0.15) is 0 Å². The number of carbonyl (C=O) groups is 3. The SMILES string of the molecule is CC(C)(C)OC(=O)N[C@H](C=O)Cc1ccc(OCC(=O)O)cc1. The van der Waals surface area contributed by atoms with E-state index >= 15 is 0 Å². The Morgan fingerprint density at radius 3 is 2.35 bits per heavy atom. The molecule has 7 heteroatoms. The number of rotatable bonds is 7. The fraction of sp³-hybridized carbons (Fsp3) is 0.438. The van der Waals surface area contributed by atoms with Crippen LogP contribution in [0.1, 0.15) is 26.3 Å². The molecule has 0 fully saturated rings. The minimum atomic E-state index is -1.06. The fourth-order valence-electron chi connectivity index (χ4n) is 1.71. The standard InChI is InChI=1S/C16H21NO6/c1-16(2,3)23-15(21)17-12(9-18)8-11-4-6-13(7-5-11)22-10-14(19)20/h4-7,9,12H,8,10H2,1-3H3,(H,17,21)(H,19,20)/t12-/m0/s1. The van der Waals surface area contributed by atoms with Crippen LogP contribution in [0, 0.1) is 0 Å². The Hall–Kier alpha value is -2.57. The molecule has 126 valence electrons. The van der Waals surface area contributed by atoms with Crippen molar-refractivity contribution in [1.29, 1.82) is 0 Å². The second-order valence-corrected chi connectivity index (χ2v) is 5.92. The van der Waals surface area contributed by atoms with Gasteiger partial charge < -0.3 is 24.7 Å². The lowest BCUT2D eigenvalue weighted by Gasteiger charge is -2.21. The highest BCUT2D eigenvalue weighted by molar-refractivity contribution is 5.73. The van der Waals surface area contributed by atoms with Gasteiger partial charge in [0.25, 0.3) is 0 Å². The Morgan fingerprint density at radius 2 is 1.87 bits per heavy atom. The van der Waals surface area contributed by atoms with Crippen LogP contribution in [0.15, 0.2) is 24.3 Å². The van der Waals surface area contributed by atoms with Crippen molar-refractivity contribution in [3.63, 3.8) is 0 Å². The highest BCUT2D eigenvalue weighted by atomic mass is 16.6. The van der Waals surface area contributed by atoms with Gasteiger partial charge in [-0.3, -0.25) is 0 Å². The number of carboxylic acid groups (broad SMARTS) is 1. The zero-order valence-electron chi connectivity index (χ0n) is 13.4. The van der Waals surface area contributed by atoms with E-state index in [9.17, 15) is 14.4 Å². The van der Waals surface area contributed by atoms with Gasteiger partial charge in [-0.05, 0) is 44.9 Å². The second kappa shape index (κ2) is 8.17. The van der Waals surface area contributed by atoms with Crippen LogP contribution >= 0.6 is 0 Å². The van der Waals surface area contributed by atoms with Gasteiger partial charge in [0, 0.05) is 0 Å². The van der Waals surface area contributed by atoms with Crippen LogP contribution in [0.3, 0.4) is 0 Å². The summed E-state index contributed by atoms with van der Waals surface area (Å²) in [5, 5.41) is 11.0. The Kier molecular flexibility index (Phi) is 6.56. The van der Waals surface area contributed by atoms with E-state index in [2.05, 4.69) is 5.32 Å². The minimum Gasteiger partial charge on any atom is -0.482 e. The maximum atomic E-state index is 11.7. The molecule has 1 atom stereocenters. The number of benzene rings is 1. The van der Waals surface area contributed by atoms with Crippen LogP contribution < -0.4 is 10.1 Å². The fourth-order valence-corrected chi connectivity index (χ4v) is 1.71. The number of amides is 1. The molecule has 0 aliphatic rings. The quantitative estimate of drug-likeness (QED) is 0.742. The maximum absolute atomic E-state index is 11.7. The first kappa shape index (κ1) is 18.5. The number of alkyl carbamates (subject to hydrolysis) is 1. The van der Waals surface area contributed by atoms with Crippen LogP contribution in [0.2, 0.25) is 0 Å². The van der Waals surface area contributed by atoms with Gasteiger partial charge in [0.05, 0.1) is 6.04 Å². The van der Waals surface area contributed by atoms with Gasteiger partial charge in [0.1, 0.15) is 17.6 Å². The summed E-state index contributed by atoms with van der Waals surface area (Å²) in [6.07, 6.45) is 0.275. The van der Waals surface area contributed by atoms with Crippen LogP contribution in [0.4, 0.5) is 4.79 Å². The molecule has 0 saturated carbocycles. The van der Waals surface area contributed by atoms with Gasteiger partial charge in [-0.15, -0.1) is 0 Å². The third-order valence-corrected chi connectivity index (χ3v) is 2.61. The van der Waals surface area contributed by atoms with Gasteiger partial charge >= 0.3 is 12.1 Å². The van der Waals surface area contributed by atoms with E-state index in [1.165, 1.54) is 0 Å². The molecule has 0 unspecified atom stereocenters. The minimum absolute atomic E-state index is 0.294. The van der Waals surface area contributed by atoms with Crippen LogP contribution in [-0.2, 0) is 20.7 Å². The van der Waals surface area contributed by atoms with Crippen molar-refractivity contribution in [2.45, 2.75) is 38.8 Å². The first-order valence-corrected chi connectivity index (χ1v) is 7.08. The molecule has 1 rings (SSSR count). The van der Waals surface area contributed by atoms with Crippen molar-refractivity contribution >= 4 is 18.3 Å². The summed E-state index contributed by atoms with van der Waals surface area (Å²) in [5.74, 6) is -0.643. The molecule has 1 aromatic carbocycles. The zero-order chi connectivity index (χ0) is 17.5. The van der Waals surface area contributed by atoms with Crippen LogP contribution in [0.25, 0.3) is 0 Å². The number of carboxylic acids is 1. The number of aldehydes is 1. The van der Waals surface area contributed by atoms with Crippen LogP contribution in [-0.4, -0.2) is 41.7 Å². The number of hydrogen-bond donors (Lipinski definition) is 2. The molecule has 0 aliphatic heterocycles. The molecule has 0 radical (unpaired) electrons. The largest absolute Gasteiger partial charge is 0.482 e. The van der Waals surface area contributed by atoms with Crippen LogP contribution in [0.5, 0.6) is 5.75 Å². The molecule has 2 N–H and O–H groups in total. The Morgan fingerprint density at radius 1 is 1.26 bits per heavy atom. The van der Waals surface area contributed by atoms with E-state index in [0.717, 1.165) is 5.56 Å². The molecule has 23 heavy (non-hydrogen) atoms. The predicted octanol–water partition coefficient (Wildman–Crippen LogP) is 1.78. The first-order chi connectivity index (χ1) is 10.7. The summed E-state index contributed by atoms with van der Waals surface area (Å²) in [6.45, 7) is 4.78. The van der Waals surface area contributed by atoms with E-state index in [1.54, 1.807) is 45.0 Å². The molecule has 0 heterocycles. The normalized spacial score (nSPS) is 12.1. The number of carbonyl (C=O) groups excluding carboxylic acids is 2. The second-order valence-electron chi connectivity index (χ2n) is 5.92. The monoisotopic (exact) mass is 323 g/mol. The molecule has 0 aliphatic carbocycles. The predicted molar refractivity (Wildman–Crippen MR) is 82.5 cm³/mol.